The standard InChI is InChI=1S/C25H28BrN3OS/c1-16-10-11-23(18(3)12-16)29-19(4)22(25(26)20(29)5)13-27-28-24(30)15-31-14-21-9-7-6-8-17(21)2/h6-13H,14-15H2,1-5H3,(H,28,30)/b27-13-. The molecule has 1 heterocycles. The first-order valence-electron chi connectivity index (χ1n) is 10.2. The number of hydrogen-bond acceptors (Lipinski definition) is 3. The van der Waals surface area contributed by atoms with Crippen molar-refractivity contribution in [1.29, 1.82) is 0 Å². The Balaban J connectivity index is 1.66. The summed E-state index contributed by atoms with van der Waals surface area (Å²) in [5.41, 5.74) is 11.9. The second-order valence-corrected chi connectivity index (χ2v) is 9.51. The number of hydrogen-bond donors (Lipinski definition) is 1. The van der Waals surface area contributed by atoms with Gasteiger partial charge in [0.25, 0.3) is 0 Å². The number of nitrogens with zero attached hydrogens (tertiary/aromatic N) is 2. The third-order valence-electron chi connectivity index (χ3n) is 5.34. The van der Waals surface area contributed by atoms with E-state index in [4.69, 9.17) is 0 Å². The quantitative estimate of drug-likeness (QED) is 0.313. The van der Waals surface area contributed by atoms with Gasteiger partial charge in [0.15, 0.2) is 0 Å². The molecule has 0 aliphatic rings. The van der Waals surface area contributed by atoms with E-state index in [1.807, 2.05) is 12.1 Å². The molecule has 1 amide bonds. The SMILES string of the molecule is Cc1ccc(-n2c(C)c(Br)c(/C=N\NC(=O)CSCc3ccccc3C)c2C)c(C)c1. The maximum Gasteiger partial charge on any atom is 0.250 e. The van der Waals surface area contributed by atoms with E-state index in [9.17, 15) is 4.79 Å². The van der Waals surface area contributed by atoms with E-state index in [0.29, 0.717) is 5.75 Å². The predicted molar refractivity (Wildman–Crippen MR) is 135 cm³/mol. The number of carbonyl (C=O) groups is 1. The molecular weight excluding hydrogens is 470 g/mol. The lowest BCUT2D eigenvalue weighted by atomic mass is 10.1. The van der Waals surface area contributed by atoms with Crippen LogP contribution < -0.4 is 5.43 Å². The van der Waals surface area contributed by atoms with E-state index in [2.05, 4.69) is 96.0 Å². The number of halogens is 1. The molecule has 0 bridgehead atoms. The zero-order valence-electron chi connectivity index (χ0n) is 18.6. The molecule has 3 aromatic rings. The van der Waals surface area contributed by atoms with Crippen LogP contribution in [-0.4, -0.2) is 22.4 Å². The average Bonchev–Trinajstić information content (AvgIpc) is 2.93. The monoisotopic (exact) mass is 497 g/mol. The molecule has 0 aliphatic heterocycles. The van der Waals surface area contributed by atoms with Gasteiger partial charge in [-0.3, -0.25) is 4.79 Å². The lowest BCUT2D eigenvalue weighted by Gasteiger charge is -2.13. The molecule has 0 unspecified atom stereocenters. The topological polar surface area (TPSA) is 46.4 Å². The maximum atomic E-state index is 12.2. The largest absolute Gasteiger partial charge is 0.316 e. The van der Waals surface area contributed by atoms with E-state index in [-0.39, 0.29) is 5.91 Å². The summed E-state index contributed by atoms with van der Waals surface area (Å²) in [5.74, 6) is 1.08. The maximum absolute atomic E-state index is 12.2. The molecule has 2 aromatic carbocycles. The third kappa shape index (κ3) is 5.49. The van der Waals surface area contributed by atoms with Crippen LogP contribution in [0.2, 0.25) is 0 Å². The highest BCUT2D eigenvalue weighted by Crippen LogP contribution is 2.31. The smallest absolute Gasteiger partial charge is 0.250 e. The normalized spacial score (nSPS) is 11.3. The molecule has 0 saturated heterocycles. The van der Waals surface area contributed by atoms with E-state index in [1.54, 1.807) is 18.0 Å². The van der Waals surface area contributed by atoms with Gasteiger partial charge >= 0.3 is 0 Å². The fourth-order valence-electron chi connectivity index (χ4n) is 3.62. The van der Waals surface area contributed by atoms with Gasteiger partial charge in [0.05, 0.1) is 12.0 Å². The number of rotatable bonds is 7. The first-order chi connectivity index (χ1) is 14.8. The van der Waals surface area contributed by atoms with Gasteiger partial charge in [0.2, 0.25) is 5.91 Å². The Morgan fingerprint density at radius 1 is 1.06 bits per heavy atom. The van der Waals surface area contributed by atoms with Gasteiger partial charge in [-0.15, -0.1) is 11.8 Å². The van der Waals surface area contributed by atoms with Gasteiger partial charge in [-0.25, -0.2) is 5.43 Å². The van der Waals surface area contributed by atoms with Crippen molar-refractivity contribution in [2.45, 2.75) is 40.4 Å². The second kappa shape index (κ2) is 10.3. The van der Waals surface area contributed by atoms with Crippen LogP contribution >= 0.6 is 27.7 Å². The van der Waals surface area contributed by atoms with Crippen molar-refractivity contribution in [3.8, 4) is 5.69 Å². The molecule has 0 spiro atoms. The highest BCUT2D eigenvalue weighted by atomic mass is 79.9. The van der Waals surface area contributed by atoms with Crippen molar-refractivity contribution in [3.05, 3.63) is 86.1 Å². The van der Waals surface area contributed by atoms with E-state index < -0.39 is 0 Å². The van der Waals surface area contributed by atoms with Crippen molar-refractivity contribution in [1.82, 2.24) is 9.99 Å². The van der Waals surface area contributed by atoms with Crippen LogP contribution in [0.1, 0.15) is 39.2 Å². The van der Waals surface area contributed by atoms with Gasteiger partial charge in [-0.2, -0.15) is 5.10 Å². The molecule has 4 nitrogen and oxygen atoms in total. The zero-order chi connectivity index (χ0) is 22.5. The van der Waals surface area contributed by atoms with Crippen LogP contribution in [0.5, 0.6) is 0 Å². The molecule has 1 aromatic heterocycles. The molecule has 0 radical (unpaired) electrons. The molecule has 1 N–H and O–H groups in total. The molecule has 6 heteroatoms. The Bertz CT molecular complexity index is 1130. The highest BCUT2D eigenvalue weighted by Gasteiger charge is 2.17. The Labute approximate surface area is 197 Å². The van der Waals surface area contributed by atoms with Gasteiger partial charge in [0.1, 0.15) is 0 Å². The summed E-state index contributed by atoms with van der Waals surface area (Å²) in [7, 11) is 0. The van der Waals surface area contributed by atoms with Gasteiger partial charge in [-0.1, -0.05) is 42.0 Å². The van der Waals surface area contributed by atoms with Crippen LogP contribution in [0, 0.1) is 34.6 Å². The Kier molecular flexibility index (Phi) is 7.79. The Morgan fingerprint density at radius 2 is 1.81 bits per heavy atom. The van der Waals surface area contributed by atoms with Crippen LogP contribution in [0.25, 0.3) is 5.69 Å². The number of carbonyl (C=O) groups excluding carboxylic acids is 1. The number of benzene rings is 2. The number of hydrazone groups is 1. The van der Waals surface area contributed by atoms with Crippen LogP contribution in [0.15, 0.2) is 52.0 Å². The average molecular weight is 498 g/mol. The summed E-state index contributed by atoms with van der Waals surface area (Å²) in [5, 5.41) is 4.21. The molecule has 3 rings (SSSR count). The minimum Gasteiger partial charge on any atom is -0.316 e. The Morgan fingerprint density at radius 3 is 2.52 bits per heavy atom. The zero-order valence-corrected chi connectivity index (χ0v) is 21.0. The summed E-state index contributed by atoms with van der Waals surface area (Å²) in [6.07, 6.45) is 1.72. The predicted octanol–water partition coefficient (Wildman–Crippen LogP) is 6.17. The van der Waals surface area contributed by atoms with Gasteiger partial charge in [-0.05, 0) is 73.3 Å². The molecule has 31 heavy (non-hydrogen) atoms. The second-order valence-electron chi connectivity index (χ2n) is 7.74. The van der Waals surface area contributed by atoms with Crippen LogP contribution in [0.3, 0.4) is 0 Å². The van der Waals surface area contributed by atoms with E-state index >= 15 is 0 Å². The van der Waals surface area contributed by atoms with E-state index in [1.165, 1.54) is 22.3 Å². The number of aromatic nitrogens is 1. The van der Waals surface area contributed by atoms with Crippen LogP contribution in [-0.2, 0) is 10.5 Å². The third-order valence-corrected chi connectivity index (χ3v) is 7.33. The van der Waals surface area contributed by atoms with E-state index in [0.717, 1.165) is 32.9 Å². The van der Waals surface area contributed by atoms with Crippen molar-refractivity contribution in [2.75, 3.05) is 5.75 Å². The number of aryl methyl sites for hydroxylation is 3. The number of thioether (sulfide) groups is 1. The molecule has 0 atom stereocenters. The highest BCUT2D eigenvalue weighted by molar-refractivity contribution is 9.10. The lowest BCUT2D eigenvalue weighted by molar-refractivity contribution is -0.118. The Hall–Kier alpha value is -2.31. The number of nitrogens with one attached hydrogen (secondary N) is 1. The molecule has 0 saturated carbocycles. The molecule has 162 valence electrons. The minimum atomic E-state index is -0.103. The summed E-state index contributed by atoms with van der Waals surface area (Å²) in [6, 6.07) is 14.7. The fraction of sp³-hybridized carbons (Fsp3) is 0.280. The first kappa shape index (κ1) is 23.4. The van der Waals surface area contributed by atoms with Crippen LogP contribution in [0.4, 0.5) is 0 Å². The van der Waals surface area contributed by atoms with Crippen molar-refractivity contribution < 1.29 is 4.79 Å². The first-order valence-corrected chi connectivity index (χ1v) is 12.1. The summed E-state index contributed by atoms with van der Waals surface area (Å²) in [6.45, 7) is 10.5. The van der Waals surface area contributed by atoms with Gasteiger partial charge in [0, 0.05) is 32.9 Å². The molecule has 0 fully saturated rings. The van der Waals surface area contributed by atoms with Gasteiger partial charge < -0.3 is 4.57 Å². The lowest BCUT2D eigenvalue weighted by Crippen LogP contribution is -2.19. The minimum absolute atomic E-state index is 0.103. The molecule has 0 aliphatic carbocycles. The number of amides is 1. The van der Waals surface area contributed by atoms with Crippen molar-refractivity contribution >= 4 is 39.8 Å². The summed E-state index contributed by atoms with van der Waals surface area (Å²) in [4.78, 5) is 12.2. The molecular formula is C25H28BrN3OS. The summed E-state index contributed by atoms with van der Waals surface area (Å²) >= 11 is 5.29. The summed E-state index contributed by atoms with van der Waals surface area (Å²) < 4.78 is 3.21. The fourth-order valence-corrected chi connectivity index (χ4v) is 5.08. The van der Waals surface area contributed by atoms with Crippen molar-refractivity contribution in [3.63, 3.8) is 0 Å². The van der Waals surface area contributed by atoms with Crippen molar-refractivity contribution in [2.24, 2.45) is 5.10 Å².